The van der Waals surface area contributed by atoms with Crippen LogP contribution in [0.4, 0.5) is 0 Å². The summed E-state index contributed by atoms with van der Waals surface area (Å²) in [6.07, 6.45) is 1.86. The van der Waals surface area contributed by atoms with E-state index in [1.807, 2.05) is 9.80 Å². The Morgan fingerprint density at radius 2 is 1.81 bits per heavy atom. The van der Waals surface area contributed by atoms with Gasteiger partial charge in [0, 0.05) is 51.2 Å². The van der Waals surface area contributed by atoms with Crippen LogP contribution in [-0.4, -0.2) is 59.5 Å². The lowest BCUT2D eigenvalue weighted by atomic mass is 9.79. The molecule has 138 valence electrons. The molecule has 3 rings (SSSR count). The number of carbonyl (C=O) groups excluding carboxylic acids is 2. The maximum Gasteiger partial charge on any atom is 0.253 e. The molecule has 2 fully saturated rings. The van der Waals surface area contributed by atoms with Crippen molar-refractivity contribution in [2.45, 2.75) is 19.8 Å². The van der Waals surface area contributed by atoms with Crippen LogP contribution in [0.1, 0.15) is 35.7 Å². The molecular formula is C20H25N3O3. The van der Waals surface area contributed by atoms with Crippen LogP contribution in [0.25, 0.3) is 0 Å². The third-order valence-corrected chi connectivity index (χ3v) is 5.86. The molecule has 1 aromatic carbocycles. The van der Waals surface area contributed by atoms with Gasteiger partial charge in [-0.1, -0.05) is 0 Å². The fourth-order valence-electron chi connectivity index (χ4n) is 4.30. The van der Waals surface area contributed by atoms with E-state index >= 15 is 0 Å². The maximum atomic E-state index is 12.8. The molecule has 0 saturated carbocycles. The third-order valence-electron chi connectivity index (χ3n) is 5.86. The van der Waals surface area contributed by atoms with E-state index in [4.69, 9.17) is 5.26 Å². The Labute approximate surface area is 154 Å². The summed E-state index contributed by atoms with van der Waals surface area (Å²) in [7, 11) is 0. The summed E-state index contributed by atoms with van der Waals surface area (Å²) in [5.41, 5.74) is 1.11. The normalized spacial score (nSPS) is 23.7. The molecule has 2 atom stereocenters. The van der Waals surface area contributed by atoms with Crippen molar-refractivity contribution in [3.8, 4) is 6.07 Å². The van der Waals surface area contributed by atoms with Gasteiger partial charge in [-0.25, -0.2) is 0 Å². The first kappa shape index (κ1) is 18.4. The Bertz CT molecular complexity index is 702. The van der Waals surface area contributed by atoms with Crippen molar-refractivity contribution in [2.24, 2.45) is 17.8 Å². The van der Waals surface area contributed by atoms with Gasteiger partial charge in [-0.05, 0) is 48.9 Å². The predicted molar refractivity (Wildman–Crippen MR) is 96.1 cm³/mol. The van der Waals surface area contributed by atoms with Crippen LogP contribution in [0.15, 0.2) is 24.3 Å². The topological polar surface area (TPSA) is 84.6 Å². The number of nitrogens with zero attached hydrogens (tertiary/aromatic N) is 3. The molecule has 0 bridgehead atoms. The van der Waals surface area contributed by atoms with Crippen LogP contribution in [0.5, 0.6) is 0 Å². The van der Waals surface area contributed by atoms with Crippen molar-refractivity contribution in [2.75, 3.05) is 32.8 Å². The standard InChI is InChI=1S/C20H25N3O3/c1-14(25)22-8-6-16(7-9-22)19-12-23(11-18(19)13-24)20(26)17-4-2-15(10-21)3-5-17/h2-5,16,18-19,24H,6-9,11-13H2,1H3/t18-,19-/m0/s1. The fraction of sp³-hybridized carbons (Fsp3) is 0.550. The van der Waals surface area contributed by atoms with Crippen molar-refractivity contribution in [1.82, 2.24) is 9.80 Å². The number of piperidine rings is 1. The molecular weight excluding hydrogens is 330 g/mol. The molecule has 2 heterocycles. The zero-order valence-corrected chi connectivity index (χ0v) is 15.1. The summed E-state index contributed by atoms with van der Waals surface area (Å²) >= 11 is 0. The van der Waals surface area contributed by atoms with E-state index in [1.54, 1.807) is 31.2 Å². The molecule has 0 aromatic heterocycles. The molecule has 0 spiro atoms. The molecule has 6 heteroatoms. The fourth-order valence-corrected chi connectivity index (χ4v) is 4.30. The Morgan fingerprint density at radius 3 is 2.35 bits per heavy atom. The molecule has 2 amide bonds. The van der Waals surface area contributed by atoms with Crippen LogP contribution < -0.4 is 0 Å². The first-order valence-corrected chi connectivity index (χ1v) is 9.19. The van der Waals surface area contributed by atoms with E-state index < -0.39 is 0 Å². The minimum Gasteiger partial charge on any atom is -0.396 e. The first-order valence-electron chi connectivity index (χ1n) is 9.19. The molecule has 2 aliphatic heterocycles. The van der Waals surface area contributed by atoms with E-state index in [-0.39, 0.29) is 30.3 Å². The molecule has 1 aromatic rings. The second-order valence-corrected chi connectivity index (χ2v) is 7.35. The number of aliphatic hydroxyl groups excluding tert-OH is 1. The smallest absolute Gasteiger partial charge is 0.253 e. The zero-order valence-electron chi connectivity index (χ0n) is 15.1. The van der Waals surface area contributed by atoms with E-state index in [9.17, 15) is 14.7 Å². The minimum atomic E-state index is -0.0448. The van der Waals surface area contributed by atoms with Gasteiger partial charge in [-0.3, -0.25) is 9.59 Å². The van der Waals surface area contributed by atoms with E-state index in [0.717, 1.165) is 25.9 Å². The summed E-state index contributed by atoms with van der Waals surface area (Å²) in [4.78, 5) is 28.0. The van der Waals surface area contributed by atoms with Gasteiger partial charge < -0.3 is 14.9 Å². The maximum absolute atomic E-state index is 12.8. The third kappa shape index (κ3) is 3.73. The number of aliphatic hydroxyl groups is 1. The van der Waals surface area contributed by atoms with Gasteiger partial charge in [0.15, 0.2) is 0 Å². The van der Waals surface area contributed by atoms with Crippen molar-refractivity contribution < 1.29 is 14.7 Å². The summed E-state index contributed by atoms with van der Waals surface area (Å²) in [6.45, 7) is 4.41. The van der Waals surface area contributed by atoms with Crippen LogP contribution in [0, 0.1) is 29.1 Å². The van der Waals surface area contributed by atoms with Crippen molar-refractivity contribution >= 4 is 11.8 Å². The Morgan fingerprint density at radius 1 is 1.15 bits per heavy atom. The summed E-state index contributed by atoms with van der Waals surface area (Å²) in [5.74, 6) is 0.868. The number of amides is 2. The number of hydrogen-bond acceptors (Lipinski definition) is 4. The summed E-state index contributed by atoms with van der Waals surface area (Å²) in [5, 5.41) is 18.7. The van der Waals surface area contributed by atoms with Gasteiger partial charge in [0.25, 0.3) is 5.91 Å². The summed E-state index contributed by atoms with van der Waals surface area (Å²) < 4.78 is 0. The molecule has 2 aliphatic rings. The molecule has 0 unspecified atom stereocenters. The highest BCUT2D eigenvalue weighted by molar-refractivity contribution is 5.94. The van der Waals surface area contributed by atoms with E-state index in [1.165, 1.54) is 0 Å². The van der Waals surface area contributed by atoms with Gasteiger partial charge in [0.2, 0.25) is 5.91 Å². The van der Waals surface area contributed by atoms with E-state index in [0.29, 0.717) is 30.1 Å². The van der Waals surface area contributed by atoms with Crippen molar-refractivity contribution in [1.29, 1.82) is 5.26 Å². The predicted octanol–water partition coefficient (Wildman–Crippen LogP) is 1.50. The minimum absolute atomic E-state index is 0.0448. The average molecular weight is 355 g/mol. The van der Waals surface area contributed by atoms with Crippen LogP contribution in [-0.2, 0) is 4.79 Å². The average Bonchev–Trinajstić information content (AvgIpc) is 3.12. The lowest BCUT2D eigenvalue weighted by Gasteiger charge is -2.35. The number of nitriles is 1. The number of rotatable bonds is 3. The van der Waals surface area contributed by atoms with Crippen molar-refractivity contribution in [3.63, 3.8) is 0 Å². The largest absolute Gasteiger partial charge is 0.396 e. The highest BCUT2D eigenvalue weighted by Crippen LogP contribution is 2.36. The Balaban J connectivity index is 1.66. The lowest BCUT2D eigenvalue weighted by Crippen LogP contribution is -2.40. The second kappa shape index (κ2) is 7.88. The summed E-state index contributed by atoms with van der Waals surface area (Å²) in [6, 6.07) is 8.74. The van der Waals surface area contributed by atoms with E-state index in [2.05, 4.69) is 6.07 Å². The van der Waals surface area contributed by atoms with Crippen LogP contribution in [0.2, 0.25) is 0 Å². The van der Waals surface area contributed by atoms with Gasteiger partial charge >= 0.3 is 0 Å². The van der Waals surface area contributed by atoms with Crippen LogP contribution in [0.3, 0.4) is 0 Å². The van der Waals surface area contributed by atoms with Gasteiger partial charge in [0.05, 0.1) is 11.6 Å². The SMILES string of the molecule is CC(=O)N1CCC([C@@H]2CN(C(=O)c3ccc(C#N)cc3)C[C@H]2CO)CC1. The van der Waals surface area contributed by atoms with Gasteiger partial charge in [-0.2, -0.15) is 5.26 Å². The molecule has 6 nitrogen and oxygen atoms in total. The number of benzene rings is 1. The second-order valence-electron chi connectivity index (χ2n) is 7.35. The quantitative estimate of drug-likeness (QED) is 0.890. The number of carbonyl (C=O) groups is 2. The molecule has 26 heavy (non-hydrogen) atoms. The van der Waals surface area contributed by atoms with Crippen molar-refractivity contribution in [3.05, 3.63) is 35.4 Å². The Kier molecular flexibility index (Phi) is 5.58. The Hall–Kier alpha value is -2.39. The van der Waals surface area contributed by atoms with Crippen LogP contribution >= 0.6 is 0 Å². The number of likely N-dealkylation sites (tertiary alicyclic amines) is 2. The van der Waals surface area contributed by atoms with Gasteiger partial charge in [0.1, 0.15) is 0 Å². The monoisotopic (exact) mass is 355 g/mol. The van der Waals surface area contributed by atoms with Gasteiger partial charge in [-0.15, -0.1) is 0 Å². The number of hydrogen-bond donors (Lipinski definition) is 1. The zero-order chi connectivity index (χ0) is 18.7. The molecule has 0 radical (unpaired) electrons. The lowest BCUT2D eigenvalue weighted by molar-refractivity contribution is -0.130. The highest BCUT2D eigenvalue weighted by atomic mass is 16.3. The molecule has 2 saturated heterocycles. The molecule has 1 N–H and O–H groups in total. The highest BCUT2D eigenvalue weighted by Gasteiger charge is 2.40. The molecule has 0 aliphatic carbocycles. The first-order chi connectivity index (χ1) is 12.5.